The number of nitrogens with zero attached hydrogens (tertiary/aromatic N) is 3. The Morgan fingerprint density at radius 3 is 2.44 bits per heavy atom. The molecular formula is C21H18Cl2N4. The van der Waals surface area contributed by atoms with Crippen LogP contribution in [0.2, 0.25) is 10.0 Å². The number of likely N-dealkylation sites (N-methyl/N-ethyl adjacent to an activating group) is 1. The fraction of sp³-hybridized carbons (Fsp3) is 0.143. The molecule has 3 aromatic rings. The fourth-order valence-corrected chi connectivity index (χ4v) is 3.78. The van der Waals surface area contributed by atoms with Crippen LogP contribution in [0.1, 0.15) is 16.7 Å². The number of halogens is 2. The Kier molecular flexibility index (Phi) is 4.77. The summed E-state index contributed by atoms with van der Waals surface area (Å²) in [5, 5.41) is 4.54. The van der Waals surface area contributed by atoms with Crippen molar-refractivity contribution in [1.82, 2.24) is 9.97 Å². The lowest BCUT2D eigenvalue weighted by molar-refractivity contribution is 0.972. The molecular weight excluding hydrogens is 379 g/mol. The van der Waals surface area contributed by atoms with Crippen LogP contribution in [-0.2, 0) is 0 Å². The summed E-state index contributed by atoms with van der Waals surface area (Å²) in [6.45, 7) is 2.72. The van der Waals surface area contributed by atoms with Crippen molar-refractivity contribution in [3.8, 4) is 0 Å². The highest BCUT2D eigenvalue weighted by atomic mass is 35.5. The summed E-state index contributed by atoms with van der Waals surface area (Å²) in [6, 6.07) is 13.7. The van der Waals surface area contributed by atoms with Crippen LogP contribution >= 0.6 is 23.2 Å². The highest BCUT2D eigenvalue weighted by Crippen LogP contribution is 2.37. The zero-order valence-electron chi connectivity index (χ0n) is 15.0. The maximum absolute atomic E-state index is 6.38. The van der Waals surface area contributed by atoms with Gasteiger partial charge in [-0.2, -0.15) is 4.98 Å². The van der Waals surface area contributed by atoms with E-state index in [1.165, 1.54) is 5.56 Å². The predicted molar refractivity (Wildman–Crippen MR) is 114 cm³/mol. The second kappa shape index (κ2) is 7.22. The Morgan fingerprint density at radius 2 is 1.74 bits per heavy atom. The third-order valence-electron chi connectivity index (χ3n) is 4.49. The van der Waals surface area contributed by atoms with Gasteiger partial charge in [0.2, 0.25) is 5.95 Å². The number of anilines is 3. The Labute approximate surface area is 168 Å². The van der Waals surface area contributed by atoms with Gasteiger partial charge in [0.25, 0.3) is 0 Å². The molecule has 0 amide bonds. The van der Waals surface area contributed by atoms with E-state index >= 15 is 0 Å². The highest BCUT2D eigenvalue weighted by Gasteiger charge is 2.21. The van der Waals surface area contributed by atoms with Gasteiger partial charge in [-0.15, -0.1) is 0 Å². The molecule has 4 rings (SSSR count). The van der Waals surface area contributed by atoms with Gasteiger partial charge in [0.1, 0.15) is 5.82 Å². The van der Waals surface area contributed by atoms with Crippen LogP contribution in [-0.4, -0.2) is 23.6 Å². The third kappa shape index (κ3) is 3.64. The Bertz CT molecular complexity index is 1010. The van der Waals surface area contributed by atoms with Gasteiger partial charge in [-0.25, -0.2) is 4.98 Å². The first-order chi connectivity index (χ1) is 13.0. The summed E-state index contributed by atoms with van der Waals surface area (Å²) >= 11 is 12.8. The molecule has 1 aliphatic heterocycles. The summed E-state index contributed by atoms with van der Waals surface area (Å²) in [4.78, 5) is 11.2. The van der Waals surface area contributed by atoms with Gasteiger partial charge in [0, 0.05) is 46.6 Å². The van der Waals surface area contributed by atoms with Crippen molar-refractivity contribution in [2.24, 2.45) is 0 Å². The van der Waals surface area contributed by atoms with E-state index in [2.05, 4.69) is 45.3 Å². The Morgan fingerprint density at radius 1 is 1.04 bits per heavy atom. The van der Waals surface area contributed by atoms with Crippen LogP contribution in [0.4, 0.5) is 17.5 Å². The lowest BCUT2D eigenvalue weighted by atomic mass is 10.00. The summed E-state index contributed by atoms with van der Waals surface area (Å²) < 4.78 is 0. The van der Waals surface area contributed by atoms with Crippen molar-refractivity contribution in [1.29, 1.82) is 0 Å². The molecule has 2 heterocycles. The SMILES string of the molecule is Cc1ccc(Nc2ncc3c(n2)N(C)CC(c2c(Cl)cccc2Cl)=C3)cc1. The predicted octanol–water partition coefficient (Wildman–Crippen LogP) is 5.83. The van der Waals surface area contributed by atoms with E-state index in [0.29, 0.717) is 22.5 Å². The number of nitrogens with one attached hydrogen (secondary N) is 1. The summed E-state index contributed by atoms with van der Waals surface area (Å²) in [6.07, 6.45) is 3.87. The molecule has 27 heavy (non-hydrogen) atoms. The number of aryl methyl sites for hydroxylation is 1. The summed E-state index contributed by atoms with van der Waals surface area (Å²) in [5.41, 5.74) is 5.01. The molecule has 136 valence electrons. The van der Waals surface area contributed by atoms with E-state index in [9.17, 15) is 0 Å². The number of rotatable bonds is 3. The lowest BCUT2D eigenvalue weighted by Gasteiger charge is -2.27. The number of benzene rings is 2. The van der Waals surface area contributed by atoms with Crippen LogP contribution in [0.3, 0.4) is 0 Å². The Balaban J connectivity index is 1.68. The summed E-state index contributed by atoms with van der Waals surface area (Å²) in [5.74, 6) is 1.43. The van der Waals surface area contributed by atoms with Crippen LogP contribution in [0.5, 0.6) is 0 Å². The lowest BCUT2D eigenvalue weighted by Crippen LogP contribution is -2.25. The molecule has 0 atom stereocenters. The molecule has 0 fully saturated rings. The molecule has 2 aromatic carbocycles. The largest absolute Gasteiger partial charge is 0.355 e. The van der Waals surface area contributed by atoms with Gasteiger partial charge in [-0.05, 0) is 42.8 Å². The number of hydrogen-bond acceptors (Lipinski definition) is 4. The first kappa shape index (κ1) is 17.8. The highest BCUT2D eigenvalue weighted by molar-refractivity contribution is 6.38. The zero-order chi connectivity index (χ0) is 19.0. The van der Waals surface area contributed by atoms with Gasteiger partial charge in [0.15, 0.2) is 0 Å². The third-order valence-corrected chi connectivity index (χ3v) is 5.12. The average Bonchev–Trinajstić information content (AvgIpc) is 2.64. The van der Waals surface area contributed by atoms with Crippen LogP contribution in [0, 0.1) is 6.92 Å². The van der Waals surface area contributed by atoms with Crippen molar-refractivity contribution in [2.75, 3.05) is 23.8 Å². The molecule has 1 N–H and O–H groups in total. The van der Waals surface area contributed by atoms with E-state index in [-0.39, 0.29) is 0 Å². The normalized spacial score (nSPS) is 13.2. The van der Waals surface area contributed by atoms with E-state index in [1.807, 2.05) is 43.6 Å². The van der Waals surface area contributed by atoms with Crippen molar-refractivity contribution in [3.05, 3.63) is 75.4 Å². The van der Waals surface area contributed by atoms with Gasteiger partial charge in [-0.3, -0.25) is 0 Å². The van der Waals surface area contributed by atoms with Crippen molar-refractivity contribution >= 4 is 52.3 Å². The van der Waals surface area contributed by atoms with Gasteiger partial charge in [-0.1, -0.05) is 47.0 Å². The average molecular weight is 397 g/mol. The summed E-state index contributed by atoms with van der Waals surface area (Å²) in [7, 11) is 2.00. The molecule has 4 nitrogen and oxygen atoms in total. The first-order valence-corrected chi connectivity index (χ1v) is 9.33. The molecule has 0 bridgehead atoms. The molecule has 0 aliphatic carbocycles. The van der Waals surface area contributed by atoms with E-state index in [1.54, 1.807) is 0 Å². The standard InChI is InChI=1S/C21H18Cl2N4/c1-13-6-8-16(9-7-13)25-21-24-11-14-10-15(12-27(2)20(14)26-21)19-17(22)4-3-5-18(19)23/h3-11H,12H2,1-2H3,(H,24,25,26). The Hall–Kier alpha value is -2.56. The van der Waals surface area contributed by atoms with Crippen LogP contribution < -0.4 is 10.2 Å². The smallest absolute Gasteiger partial charge is 0.229 e. The fourth-order valence-electron chi connectivity index (χ4n) is 3.14. The molecule has 0 radical (unpaired) electrons. The van der Waals surface area contributed by atoms with Crippen LogP contribution in [0.25, 0.3) is 11.6 Å². The zero-order valence-corrected chi connectivity index (χ0v) is 16.5. The number of aromatic nitrogens is 2. The second-order valence-electron chi connectivity index (χ2n) is 6.59. The minimum absolute atomic E-state index is 0.567. The van der Waals surface area contributed by atoms with Crippen molar-refractivity contribution < 1.29 is 0 Å². The quantitative estimate of drug-likeness (QED) is 0.604. The van der Waals surface area contributed by atoms with E-state index in [0.717, 1.165) is 28.2 Å². The number of fused-ring (bicyclic) bond motifs is 1. The minimum Gasteiger partial charge on any atom is -0.355 e. The molecule has 0 saturated carbocycles. The van der Waals surface area contributed by atoms with Gasteiger partial charge in [0.05, 0.1) is 0 Å². The number of hydrogen-bond donors (Lipinski definition) is 1. The second-order valence-corrected chi connectivity index (χ2v) is 7.40. The van der Waals surface area contributed by atoms with Gasteiger partial charge >= 0.3 is 0 Å². The molecule has 1 aromatic heterocycles. The maximum atomic E-state index is 6.38. The van der Waals surface area contributed by atoms with E-state index in [4.69, 9.17) is 23.2 Å². The molecule has 0 saturated heterocycles. The minimum atomic E-state index is 0.567. The van der Waals surface area contributed by atoms with Crippen molar-refractivity contribution in [3.63, 3.8) is 0 Å². The van der Waals surface area contributed by atoms with E-state index < -0.39 is 0 Å². The van der Waals surface area contributed by atoms with Gasteiger partial charge < -0.3 is 10.2 Å². The molecule has 0 spiro atoms. The van der Waals surface area contributed by atoms with Crippen molar-refractivity contribution in [2.45, 2.75) is 6.92 Å². The molecule has 6 heteroatoms. The molecule has 1 aliphatic rings. The van der Waals surface area contributed by atoms with Crippen LogP contribution in [0.15, 0.2) is 48.7 Å². The maximum Gasteiger partial charge on any atom is 0.229 e. The topological polar surface area (TPSA) is 41.1 Å². The first-order valence-electron chi connectivity index (χ1n) is 8.58. The monoisotopic (exact) mass is 396 g/mol. The molecule has 0 unspecified atom stereocenters.